The Morgan fingerprint density at radius 2 is 2.05 bits per heavy atom. The summed E-state index contributed by atoms with van der Waals surface area (Å²) in [4.78, 5) is 14.5. The first-order valence-electron chi connectivity index (χ1n) is 7.25. The van der Waals surface area contributed by atoms with E-state index in [1.54, 1.807) is 0 Å². The summed E-state index contributed by atoms with van der Waals surface area (Å²) in [7, 11) is 0. The molecule has 2 rings (SSSR count). The van der Waals surface area contributed by atoms with Crippen molar-refractivity contribution in [2.75, 3.05) is 19.6 Å². The lowest BCUT2D eigenvalue weighted by Crippen LogP contribution is -2.41. The lowest BCUT2D eigenvalue weighted by molar-refractivity contribution is -0.121. The van der Waals surface area contributed by atoms with Gasteiger partial charge in [0.1, 0.15) is 6.54 Å². The average molecular weight is 263 g/mol. The third-order valence-electron chi connectivity index (χ3n) is 4.16. The third-order valence-corrected chi connectivity index (χ3v) is 4.16. The number of amides is 1. The first-order chi connectivity index (χ1) is 9.11. The van der Waals surface area contributed by atoms with E-state index >= 15 is 0 Å². The standard InChI is InChI=1S/C15H25N3O/c1-4-17-9-5-6-14(17)10-16-15(19)11-18-12(2)7-8-13(18)3/h7-8,14H,4-6,9-11H2,1-3H3,(H,16,19)/t14-/m0/s1. The largest absolute Gasteiger partial charge is 0.353 e. The molecule has 1 fully saturated rings. The summed E-state index contributed by atoms with van der Waals surface area (Å²) < 4.78 is 2.06. The van der Waals surface area contributed by atoms with Crippen LogP contribution in [0.3, 0.4) is 0 Å². The van der Waals surface area contributed by atoms with E-state index < -0.39 is 0 Å². The molecule has 1 aliphatic heterocycles. The molecule has 1 atom stereocenters. The summed E-state index contributed by atoms with van der Waals surface area (Å²) in [5.41, 5.74) is 2.28. The molecule has 2 heterocycles. The molecule has 1 saturated heterocycles. The van der Waals surface area contributed by atoms with Crippen molar-refractivity contribution in [2.24, 2.45) is 0 Å². The van der Waals surface area contributed by atoms with Crippen LogP contribution in [0.1, 0.15) is 31.2 Å². The van der Waals surface area contributed by atoms with Crippen molar-refractivity contribution in [2.45, 2.75) is 46.2 Å². The molecule has 1 N–H and O–H groups in total. The monoisotopic (exact) mass is 263 g/mol. The van der Waals surface area contributed by atoms with Gasteiger partial charge in [0.2, 0.25) is 5.91 Å². The maximum atomic E-state index is 12.0. The molecule has 0 radical (unpaired) electrons. The summed E-state index contributed by atoms with van der Waals surface area (Å²) in [6.07, 6.45) is 2.46. The quantitative estimate of drug-likeness (QED) is 0.878. The smallest absolute Gasteiger partial charge is 0.239 e. The van der Waals surface area contributed by atoms with Gasteiger partial charge in [-0.05, 0) is 51.9 Å². The van der Waals surface area contributed by atoms with Gasteiger partial charge in [0.15, 0.2) is 0 Å². The number of aryl methyl sites for hydroxylation is 2. The second kappa shape index (κ2) is 6.24. The van der Waals surface area contributed by atoms with Crippen LogP contribution >= 0.6 is 0 Å². The van der Waals surface area contributed by atoms with Gasteiger partial charge >= 0.3 is 0 Å². The average Bonchev–Trinajstić information content (AvgIpc) is 2.97. The Kier molecular flexibility index (Phi) is 4.64. The molecule has 1 aromatic rings. The molecule has 0 unspecified atom stereocenters. The summed E-state index contributed by atoms with van der Waals surface area (Å²) in [5, 5.41) is 3.08. The highest BCUT2D eigenvalue weighted by Crippen LogP contribution is 2.15. The SMILES string of the molecule is CCN1CCC[C@H]1CNC(=O)Cn1c(C)ccc1C. The molecule has 1 amide bonds. The van der Waals surface area contributed by atoms with Gasteiger partial charge in [0.05, 0.1) is 0 Å². The number of carbonyl (C=O) groups is 1. The van der Waals surface area contributed by atoms with Crippen LogP contribution in [-0.4, -0.2) is 41.1 Å². The molecule has 0 aliphatic carbocycles. The van der Waals surface area contributed by atoms with Crippen molar-refractivity contribution >= 4 is 5.91 Å². The molecule has 0 spiro atoms. The number of likely N-dealkylation sites (N-methyl/N-ethyl adjacent to an activating group) is 1. The van der Waals surface area contributed by atoms with Crippen LogP contribution in [0.15, 0.2) is 12.1 Å². The molecule has 106 valence electrons. The van der Waals surface area contributed by atoms with Crippen LogP contribution < -0.4 is 5.32 Å². The van der Waals surface area contributed by atoms with E-state index in [2.05, 4.69) is 33.8 Å². The Hall–Kier alpha value is -1.29. The molecular weight excluding hydrogens is 238 g/mol. The van der Waals surface area contributed by atoms with Gasteiger partial charge in [-0.15, -0.1) is 0 Å². The van der Waals surface area contributed by atoms with E-state index in [1.807, 2.05) is 13.8 Å². The summed E-state index contributed by atoms with van der Waals surface area (Å²) >= 11 is 0. The van der Waals surface area contributed by atoms with Gasteiger partial charge in [-0.3, -0.25) is 9.69 Å². The predicted molar refractivity (Wildman–Crippen MR) is 77.2 cm³/mol. The number of aromatic nitrogens is 1. The minimum absolute atomic E-state index is 0.116. The number of nitrogens with one attached hydrogen (secondary N) is 1. The van der Waals surface area contributed by atoms with Crippen LogP contribution in [0.5, 0.6) is 0 Å². The van der Waals surface area contributed by atoms with Crippen LogP contribution in [0.25, 0.3) is 0 Å². The number of hydrogen-bond donors (Lipinski definition) is 1. The predicted octanol–water partition coefficient (Wildman–Crippen LogP) is 1.71. The normalized spacial score (nSPS) is 19.8. The van der Waals surface area contributed by atoms with Crippen molar-refractivity contribution in [3.63, 3.8) is 0 Å². The van der Waals surface area contributed by atoms with E-state index in [4.69, 9.17) is 0 Å². The molecular formula is C15H25N3O. The first kappa shape index (κ1) is 14.1. The van der Waals surface area contributed by atoms with Crippen molar-refractivity contribution in [1.82, 2.24) is 14.8 Å². The second-order valence-electron chi connectivity index (χ2n) is 5.43. The summed E-state index contributed by atoms with van der Waals surface area (Å²) in [6.45, 7) is 9.73. The second-order valence-corrected chi connectivity index (χ2v) is 5.43. The fourth-order valence-corrected chi connectivity index (χ4v) is 2.92. The molecule has 1 aromatic heterocycles. The van der Waals surface area contributed by atoms with Crippen molar-refractivity contribution in [3.8, 4) is 0 Å². The number of carbonyl (C=O) groups excluding carboxylic acids is 1. The van der Waals surface area contributed by atoms with Gasteiger partial charge in [-0.1, -0.05) is 6.92 Å². The van der Waals surface area contributed by atoms with E-state index in [1.165, 1.54) is 19.4 Å². The zero-order valence-electron chi connectivity index (χ0n) is 12.3. The minimum atomic E-state index is 0.116. The fraction of sp³-hybridized carbons (Fsp3) is 0.667. The Morgan fingerprint density at radius 3 is 2.68 bits per heavy atom. The zero-order valence-corrected chi connectivity index (χ0v) is 12.3. The van der Waals surface area contributed by atoms with Crippen molar-refractivity contribution in [3.05, 3.63) is 23.5 Å². The molecule has 4 heteroatoms. The Bertz CT molecular complexity index is 419. The number of nitrogens with zero attached hydrogens (tertiary/aromatic N) is 2. The van der Waals surface area contributed by atoms with E-state index in [9.17, 15) is 4.79 Å². The van der Waals surface area contributed by atoms with Crippen LogP contribution in [-0.2, 0) is 11.3 Å². The molecule has 0 saturated carbocycles. The van der Waals surface area contributed by atoms with Gasteiger partial charge < -0.3 is 9.88 Å². The number of rotatable bonds is 5. The Morgan fingerprint density at radius 1 is 1.37 bits per heavy atom. The maximum Gasteiger partial charge on any atom is 0.239 e. The Labute approximate surface area is 115 Å². The fourth-order valence-electron chi connectivity index (χ4n) is 2.92. The van der Waals surface area contributed by atoms with Crippen LogP contribution in [0.4, 0.5) is 0 Å². The molecule has 0 aromatic carbocycles. The van der Waals surface area contributed by atoms with Crippen molar-refractivity contribution < 1.29 is 4.79 Å². The molecule has 1 aliphatic rings. The van der Waals surface area contributed by atoms with Crippen molar-refractivity contribution in [1.29, 1.82) is 0 Å². The van der Waals surface area contributed by atoms with Gasteiger partial charge in [-0.25, -0.2) is 0 Å². The van der Waals surface area contributed by atoms with E-state index in [0.29, 0.717) is 12.6 Å². The number of hydrogen-bond acceptors (Lipinski definition) is 2. The lowest BCUT2D eigenvalue weighted by Gasteiger charge is -2.23. The molecule has 0 bridgehead atoms. The topological polar surface area (TPSA) is 37.3 Å². The zero-order chi connectivity index (χ0) is 13.8. The number of likely N-dealkylation sites (tertiary alicyclic amines) is 1. The van der Waals surface area contributed by atoms with Gasteiger partial charge in [0.25, 0.3) is 0 Å². The van der Waals surface area contributed by atoms with Gasteiger partial charge in [-0.2, -0.15) is 0 Å². The van der Waals surface area contributed by atoms with Gasteiger partial charge in [0, 0.05) is 24.0 Å². The summed E-state index contributed by atoms with van der Waals surface area (Å²) in [5.74, 6) is 0.116. The van der Waals surface area contributed by atoms with Crippen LogP contribution in [0, 0.1) is 13.8 Å². The molecule has 19 heavy (non-hydrogen) atoms. The van der Waals surface area contributed by atoms with Crippen LogP contribution in [0.2, 0.25) is 0 Å². The lowest BCUT2D eigenvalue weighted by atomic mass is 10.2. The Balaban J connectivity index is 1.82. The first-order valence-corrected chi connectivity index (χ1v) is 7.25. The van der Waals surface area contributed by atoms with E-state index in [0.717, 1.165) is 24.5 Å². The minimum Gasteiger partial charge on any atom is -0.353 e. The highest BCUT2D eigenvalue weighted by molar-refractivity contribution is 5.76. The third kappa shape index (κ3) is 3.38. The summed E-state index contributed by atoms with van der Waals surface area (Å²) in [6, 6.07) is 4.64. The highest BCUT2D eigenvalue weighted by atomic mass is 16.1. The van der Waals surface area contributed by atoms with E-state index in [-0.39, 0.29) is 5.91 Å². The molecule has 4 nitrogen and oxygen atoms in total. The highest BCUT2D eigenvalue weighted by Gasteiger charge is 2.23. The maximum absolute atomic E-state index is 12.0.